The summed E-state index contributed by atoms with van der Waals surface area (Å²) < 4.78 is 33.3. The first-order chi connectivity index (χ1) is 17.7. The van der Waals surface area contributed by atoms with Gasteiger partial charge in [-0.25, -0.2) is 13.2 Å². The van der Waals surface area contributed by atoms with Crippen molar-refractivity contribution in [2.24, 2.45) is 4.99 Å². The molecular weight excluding hydrogens is 518 g/mol. The van der Waals surface area contributed by atoms with Crippen molar-refractivity contribution in [3.63, 3.8) is 0 Å². The number of hydrogen-bond donors (Lipinski definition) is 2. The lowest BCUT2D eigenvalue weighted by Crippen LogP contribution is -2.71. The second-order valence-corrected chi connectivity index (χ2v) is 11.6. The number of hydrogen-bond acceptors (Lipinski definition) is 8. The predicted molar refractivity (Wildman–Crippen MR) is 139 cm³/mol. The molecule has 5 rings (SSSR count). The summed E-state index contributed by atoms with van der Waals surface area (Å²) in [5.41, 5.74) is 2.10. The molecule has 1 atom stereocenters. The van der Waals surface area contributed by atoms with E-state index in [1.807, 2.05) is 19.2 Å². The second-order valence-electron chi connectivity index (χ2n) is 9.05. The Morgan fingerprint density at radius 3 is 2.62 bits per heavy atom. The Kier molecular flexibility index (Phi) is 6.47. The number of likely N-dealkylation sites (N-methyl/N-ethyl adjacent to an activating group) is 1. The number of methoxy groups -OCH3 is 1. The van der Waals surface area contributed by atoms with Gasteiger partial charge >= 0.3 is 5.97 Å². The summed E-state index contributed by atoms with van der Waals surface area (Å²) in [5, 5.41) is 3.58. The normalized spacial score (nSPS) is 20.4. The minimum Gasteiger partial charge on any atom is -0.466 e. The van der Waals surface area contributed by atoms with Crippen LogP contribution in [0, 0.1) is 0 Å². The molecule has 2 aromatic carbocycles. The Morgan fingerprint density at radius 2 is 1.95 bits per heavy atom. The van der Waals surface area contributed by atoms with Crippen LogP contribution in [-0.4, -0.2) is 86.1 Å². The summed E-state index contributed by atoms with van der Waals surface area (Å²) in [6.07, 6.45) is 0. The van der Waals surface area contributed by atoms with Gasteiger partial charge in [-0.05, 0) is 29.8 Å². The number of aromatic nitrogens is 1. The van der Waals surface area contributed by atoms with Crippen molar-refractivity contribution in [1.82, 2.24) is 20.1 Å². The largest absolute Gasteiger partial charge is 0.466 e. The molecule has 0 unspecified atom stereocenters. The van der Waals surface area contributed by atoms with Crippen LogP contribution in [-0.2, 0) is 30.7 Å². The molecule has 1 fully saturated rings. The fourth-order valence-corrected chi connectivity index (χ4v) is 6.95. The van der Waals surface area contributed by atoms with Gasteiger partial charge in [0.1, 0.15) is 10.9 Å². The Morgan fingerprint density at radius 1 is 1.19 bits per heavy atom. The molecule has 2 N–H and O–H groups in total. The number of fused-ring (bicyclic) bond motifs is 1. The van der Waals surface area contributed by atoms with Gasteiger partial charge in [0.15, 0.2) is 0 Å². The number of carbonyl (C=O) groups is 2. The molecule has 0 saturated carbocycles. The Bertz CT molecular complexity index is 1520. The van der Waals surface area contributed by atoms with E-state index in [1.165, 1.54) is 6.07 Å². The van der Waals surface area contributed by atoms with Crippen molar-refractivity contribution in [3.8, 4) is 0 Å². The zero-order valence-electron chi connectivity index (χ0n) is 20.3. The standard InChI is InChI=1S/C25H26ClN5O5S/c1-30-10-9-28-23(30)17-5-3-16(4-6-17)14-31-22(32)13-27-15-25(31,24(33)36-2)37(34,35)21-12-18-11-19(26)7-8-20(18)29-21/h3-8,11-12,27,29H,9-10,13-15H2,1-2H3/t25-/m1/s1. The molecule has 2 aliphatic heterocycles. The molecule has 37 heavy (non-hydrogen) atoms. The first-order valence-corrected chi connectivity index (χ1v) is 13.5. The van der Waals surface area contributed by atoms with Gasteiger partial charge in [0.05, 0.1) is 20.2 Å². The maximum Gasteiger partial charge on any atom is 0.349 e. The molecule has 3 heterocycles. The van der Waals surface area contributed by atoms with E-state index in [2.05, 4.69) is 20.2 Å². The number of aliphatic imine (C=N–C) groups is 1. The van der Waals surface area contributed by atoms with Gasteiger partial charge in [-0.1, -0.05) is 35.9 Å². The molecule has 0 radical (unpaired) electrons. The third kappa shape index (κ3) is 4.16. The van der Waals surface area contributed by atoms with Crippen LogP contribution in [0.25, 0.3) is 10.9 Å². The number of amidine groups is 1. The fourth-order valence-electron chi connectivity index (χ4n) is 4.83. The highest BCUT2D eigenvalue weighted by molar-refractivity contribution is 7.93. The van der Waals surface area contributed by atoms with Gasteiger partial charge in [-0.3, -0.25) is 9.79 Å². The summed E-state index contributed by atoms with van der Waals surface area (Å²) >= 11 is 6.07. The highest BCUT2D eigenvalue weighted by Crippen LogP contribution is 2.35. The van der Waals surface area contributed by atoms with Crippen LogP contribution in [0.1, 0.15) is 11.1 Å². The summed E-state index contributed by atoms with van der Waals surface area (Å²) in [7, 11) is -1.43. The van der Waals surface area contributed by atoms with Gasteiger partial charge in [0.2, 0.25) is 15.7 Å². The topological polar surface area (TPSA) is 124 Å². The summed E-state index contributed by atoms with van der Waals surface area (Å²) in [5.74, 6) is -0.721. The van der Waals surface area contributed by atoms with Crippen LogP contribution in [0.15, 0.2) is 58.5 Å². The maximum atomic E-state index is 14.2. The minimum absolute atomic E-state index is 0.108. The van der Waals surface area contributed by atoms with E-state index >= 15 is 0 Å². The zero-order chi connectivity index (χ0) is 26.4. The van der Waals surface area contributed by atoms with Crippen molar-refractivity contribution < 1.29 is 22.7 Å². The van der Waals surface area contributed by atoms with Crippen LogP contribution in [0.4, 0.5) is 0 Å². The molecule has 10 nitrogen and oxygen atoms in total. The van der Waals surface area contributed by atoms with Crippen molar-refractivity contribution in [2.75, 3.05) is 40.3 Å². The number of H-pyrrole nitrogens is 1. The van der Waals surface area contributed by atoms with E-state index in [0.717, 1.165) is 36.5 Å². The molecular formula is C25H26ClN5O5S. The number of piperazine rings is 1. The molecule has 0 aliphatic carbocycles. The number of halogens is 1. The number of benzene rings is 2. The maximum absolute atomic E-state index is 14.2. The van der Waals surface area contributed by atoms with Crippen molar-refractivity contribution >= 4 is 50.1 Å². The summed E-state index contributed by atoms with van der Waals surface area (Å²) in [6, 6.07) is 13.7. The van der Waals surface area contributed by atoms with Gasteiger partial charge < -0.3 is 24.8 Å². The van der Waals surface area contributed by atoms with E-state index < -0.39 is 26.6 Å². The first kappa shape index (κ1) is 25.2. The van der Waals surface area contributed by atoms with Crippen LogP contribution in [0.5, 0.6) is 0 Å². The average molecular weight is 544 g/mol. The third-order valence-electron chi connectivity index (χ3n) is 6.79. The lowest BCUT2D eigenvalue weighted by atomic mass is 10.1. The van der Waals surface area contributed by atoms with E-state index in [0.29, 0.717) is 21.5 Å². The zero-order valence-corrected chi connectivity index (χ0v) is 21.9. The highest BCUT2D eigenvalue weighted by atomic mass is 35.5. The van der Waals surface area contributed by atoms with Crippen molar-refractivity contribution in [3.05, 3.63) is 64.7 Å². The molecule has 1 aromatic heterocycles. The second kappa shape index (κ2) is 9.47. The van der Waals surface area contributed by atoms with Gasteiger partial charge in [0.25, 0.3) is 4.87 Å². The van der Waals surface area contributed by atoms with E-state index in [9.17, 15) is 18.0 Å². The summed E-state index contributed by atoms with van der Waals surface area (Å²) in [4.78, 5) is 34.7. The smallest absolute Gasteiger partial charge is 0.349 e. The number of rotatable bonds is 6. The van der Waals surface area contributed by atoms with Crippen molar-refractivity contribution in [1.29, 1.82) is 0 Å². The number of aromatic amines is 1. The average Bonchev–Trinajstić information content (AvgIpc) is 3.51. The molecule has 194 valence electrons. The monoisotopic (exact) mass is 543 g/mol. The highest BCUT2D eigenvalue weighted by Gasteiger charge is 2.60. The minimum atomic E-state index is -4.50. The summed E-state index contributed by atoms with van der Waals surface area (Å²) in [6.45, 7) is 1.01. The molecule has 1 amide bonds. The Labute approximate surface area is 219 Å². The van der Waals surface area contributed by atoms with Gasteiger partial charge in [-0.2, -0.15) is 0 Å². The molecule has 0 bridgehead atoms. The van der Waals surface area contributed by atoms with Crippen LogP contribution in [0.3, 0.4) is 0 Å². The molecule has 12 heteroatoms. The Balaban J connectivity index is 1.56. The SMILES string of the molecule is COC(=O)[C@]1(S(=O)(=O)c2cc3cc(Cl)ccc3[nH]2)CNCC(=O)N1Cc1ccc(C2=NCCN2C)cc1. The molecule has 3 aromatic rings. The van der Waals surface area contributed by atoms with E-state index in [-0.39, 0.29) is 24.7 Å². The van der Waals surface area contributed by atoms with Crippen LogP contribution < -0.4 is 5.32 Å². The number of sulfone groups is 1. The number of carbonyl (C=O) groups excluding carboxylic acids is 2. The number of nitrogens with zero attached hydrogens (tertiary/aromatic N) is 3. The number of ether oxygens (including phenoxy) is 1. The van der Waals surface area contributed by atoms with E-state index in [1.54, 1.807) is 30.3 Å². The quantitative estimate of drug-likeness (QED) is 0.454. The fraction of sp³-hybridized carbons (Fsp3) is 0.320. The number of nitrogens with one attached hydrogen (secondary N) is 2. The van der Waals surface area contributed by atoms with E-state index in [4.69, 9.17) is 16.3 Å². The lowest BCUT2D eigenvalue weighted by molar-refractivity contribution is -0.158. The molecule has 0 spiro atoms. The lowest BCUT2D eigenvalue weighted by Gasteiger charge is -2.43. The van der Waals surface area contributed by atoms with Gasteiger partial charge in [0, 0.05) is 48.2 Å². The number of esters is 1. The van der Waals surface area contributed by atoms with Crippen LogP contribution in [0.2, 0.25) is 5.02 Å². The van der Waals surface area contributed by atoms with Gasteiger partial charge in [-0.15, -0.1) is 0 Å². The van der Waals surface area contributed by atoms with Crippen LogP contribution >= 0.6 is 11.6 Å². The third-order valence-corrected chi connectivity index (χ3v) is 9.24. The van der Waals surface area contributed by atoms with Crippen molar-refractivity contribution in [2.45, 2.75) is 16.4 Å². The Hall–Kier alpha value is -3.41. The first-order valence-electron chi connectivity index (χ1n) is 11.6. The number of amides is 1. The molecule has 2 aliphatic rings. The molecule has 1 saturated heterocycles. The predicted octanol–water partition coefficient (Wildman–Crippen LogP) is 1.79.